The lowest BCUT2D eigenvalue weighted by Crippen LogP contribution is -2.38. The zero-order valence-electron chi connectivity index (χ0n) is 12.9. The molecule has 1 aliphatic rings. The molecule has 3 aromatic rings. The molecular formula is C17H17FN2O2S2. The molecule has 1 unspecified atom stereocenters. The van der Waals surface area contributed by atoms with Crippen LogP contribution in [0.3, 0.4) is 0 Å². The Morgan fingerprint density at radius 1 is 1.25 bits per heavy atom. The molecule has 0 saturated carbocycles. The third-order valence-electron chi connectivity index (χ3n) is 4.52. The molecule has 1 aromatic carbocycles. The molecule has 0 aliphatic carbocycles. The fraction of sp³-hybridized carbons (Fsp3) is 0.294. The molecule has 1 atom stereocenters. The maximum absolute atomic E-state index is 13.4. The number of hydrogen-bond donors (Lipinski definition) is 1. The number of thiophene rings is 1. The number of nitrogens with zero attached hydrogens (tertiary/aromatic N) is 1. The molecule has 7 heteroatoms. The van der Waals surface area contributed by atoms with Crippen LogP contribution < -0.4 is 0 Å². The second-order valence-electron chi connectivity index (χ2n) is 6.09. The summed E-state index contributed by atoms with van der Waals surface area (Å²) in [5, 5.41) is 2.60. The van der Waals surface area contributed by atoms with Crippen molar-refractivity contribution in [3.8, 4) is 0 Å². The maximum atomic E-state index is 13.4. The predicted molar refractivity (Wildman–Crippen MR) is 93.3 cm³/mol. The minimum Gasteiger partial charge on any atom is -0.358 e. The van der Waals surface area contributed by atoms with E-state index in [4.69, 9.17) is 0 Å². The maximum Gasteiger partial charge on any atom is 0.252 e. The summed E-state index contributed by atoms with van der Waals surface area (Å²) in [6.07, 6.45) is 1.74. The first-order valence-electron chi connectivity index (χ1n) is 7.86. The second-order valence-corrected chi connectivity index (χ2v) is 9.20. The van der Waals surface area contributed by atoms with Crippen LogP contribution in [0.2, 0.25) is 0 Å². The molecule has 1 saturated heterocycles. The topological polar surface area (TPSA) is 53.2 Å². The summed E-state index contributed by atoms with van der Waals surface area (Å²) >= 11 is 1.25. The van der Waals surface area contributed by atoms with Crippen molar-refractivity contribution in [1.82, 2.24) is 9.29 Å². The Bertz CT molecular complexity index is 964. The van der Waals surface area contributed by atoms with E-state index >= 15 is 0 Å². The van der Waals surface area contributed by atoms with Gasteiger partial charge in [0, 0.05) is 35.6 Å². The minimum atomic E-state index is -3.42. The van der Waals surface area contributed by atoms with E-state index in [1.807, 2.05) is 6.07 Å². The fourth-order valence-corrected chi connectivity index (χ4v) is 5.97. The van der Waals surface area contributed by atoms with Gasteiger partial charge in [0.1, 0.15) is 10.0 Å². The molecular weight excluding hydrogens is 347 g/mol. The van der Waals surface area contributed by atoms with Gasteiger partial charge in [-0.15, -0.1) is 11.3 Å². The van der Waals surface area contributed by atoms with E-state index in [2.05, 4.69) is 4.98 Å². The van der Waals surface area contributed by atoms with Gasteiger partial charge in [-0.25, -0.2) is 12.8 Å². The van der Waals surface area contributed by atoms with E-state index in [1.54, 1.807) is 27.9 Å². The smallest absolute Gasteiger partial charge is 0.252 e. The average molecular weight is 364 g/mol. The van der Waals surface area contributed by atoms with Crippen LogP contribution in [0.15, 0.2) is 46.0 Å². The van der Waals surface area contributed by atoms with Crippen LogP contribution in [0.25, 0.3) is 10.9 Å². The zero-order chi connectivity index (χ0) is 16.7. The molecule has 0 bridgehead atoms. The number of aromatic nitrogens is 1. The summed E-state index contributed by atoms with van der Waals surface area (Å²) in [6, 6.07) is 9.98. The molecule has 2 aromatic heterocycles. The van der Waals surface area contributed by atoms with Gasteiger partial charge in [-0.05, 0) is 48.6 Å². The molecule has 4 rings (SSSR count). The predicted octanol–water partition coefficient (Wildman–Crippen LogP) is 3.94. The lowest BCUT2D eigenvalue weighted by molar-refractivity contribution is 0.314. The van der Waals surface area contributed by atoms with Crippen molar-refractivity contribution in [3.05, 3.63) is 53.3 Å². The largest absolute Gasteiger partial charge is 0.358 e. The first-order valence-corrected chi connectivity index (χ1v) is 10.2. The Kier molecular flexibility index (Phi) is 3.94. The van der Waals surface area contributed by atoms with Gasteiger partial charge in [-0.2, -0.15) is 4.31 Å². The number of halogens is 1. The van der Waals surface area contributed by atoms with Crippen molar-refractivity contribution in [2.24, 2.45) is 0 Å². The second kappa shape index (κ2) is 5.98. The number of H-pyrrole nitrogens is 1. The van der Waals surface area contributed by atoms with Crippen molar-refractivity contribution < 1.29 is 12.8 Å². The molecule has 1 fully saturated rings. The van der Waals surface area contributed by atoms with Gasteiger partial charge in [0.25, 0.3) is 10.0 Å². The van der Waals surface area contributed by atoms with Crippen molar-refractivity contribution in [3.63, 3.8) is 0 Å². The van der Waals surface area contributed by atoms with Gasteiger partial charge >= 0.3 is 0 Å². The number of nitrogens with one attached hydrogen (secondary N) is 1. The average Bonchev–Trinajstić information content (AvgIpc) is 3.24. The van der Waals surface area contributed by atoms with Crippen LogP contribution >= 0.6 is 11.3 Å². The van der Waals surface area contributed by atoms with Gasteiger partial charge in [0.2, 0.25) is 0 Å². The van der Waals surface area contributed by atoms with Crippen LogP contribution in [-0.2, 0) is 10.0 Å². The van der Waals surface area contributed by atoms with Crippen LogP contribution in [0.1, 0.15) is 24.5 Å². The Hall–Kier alpha value is -1.70. The van der Waals surface area contributed by atoms with Gasteiger partial charge < -0.3 is 4.98 Å². The first kappa shape index (κ1) is 15.8. The van der Waals surface area contributed by atoms with E-state index in [0.717, 1.165) is 29.4 Å². The summed E-state index contributed by atoms with van der Waals surface area (Å²) in [4.78, 5) is 3.31. The molecule has 1 aliphatic heterocycles. The van der Waals surface area contributed by atoms with E-state index in [9.17, 15) is 12.8 Å². The molecule has 0 spiro atoms. The Labute approximate surface area is 144 Å². The van der Waals surface area contributed by atoms with E-state index in [-0.39, 0.29) is 11.7 Å². The highest BCUT2D eigenvalue weighted by Crippen LogP contribution is 2.32. The van der Waals surface area contributed by atoms with E-state index < -0.39 is 10.0 Å². The molecule has 0 amide bonds. The molecule has 0 radical (unpaired) electrons. The summed E-state index contributed by atoms with van der Waals surface area (Å²) in [6.45, 7) is 1.00. The summed E-state index contributed by atoms with van der Waals surface area (Å²) in [7, 11) is -3.42. The van der Waals surface area contributed by atoms with Crippen molar-refractivity contribution in [2.75, 3.05) is 13.1 Å². The van der Waals surface area contributed by atoms with Gasteiger partial charge in [-0.1, -0.05) is 6.07 Å². The molecule has 3 heterocycles. The van der Waals surface area contributed by atoms with Crippen LogP contribution in [0.5, 0.6) is 0 Å². The lowest BCUT2D eigenvalue weighted by atomic mass is 9.96. The molecule has 4 nitrogen and oxygen atoms in total. The monoisotopic (exact) mass is 364 g/mol. The fourth-order valence-electron chi connectivity index (χ4n) is 3.30. The van der Waals surface area contributed by atoms with Crippen molar-refractivity contribution in [1.29, 1.82) is 0 Å². The summed E-state index contributed by atoms with van der Waals surface area (Å²) in [5.74, 6) is -0.164. The number of rotatable bonds is 3. The first-order chi connectivity index (χ1) is 11.5. The Morgan fingerprint density at radius 2 is 2.12 bits per heavy atom. The lowest BCUT2D eigenvalue weighted by Gasteiger charge is -2.31. The Morgan fingerprint density at radius 3 is 2.92 bits per heavy atom. The van der Waals surface area contributed by atoms with Crippen molar-refractivity contribution in [2.45, 2.75) is 23.0 Å². The number of hydrogen-bond acceptors (Lipinski definition) is 3. The highest BCUT2D eigenvalue weighted by atomic mass is 32.2. The van der Waals surface area contributed by atoms with Crippen LogP contribution in [0.4, 0.5) is 4.39 Å². The number of fused-ring (bicyclic) bond motifs is 1. The standard InChI is InChI=1S/C17H17FN2O2S2/c18-14-5-6-15-13(9-14)10-16(19-15)12-3-1-7-20(11-12)24(21,22)17-4-2-8-23-17/h2,4-6,8-10,12,19H,1,3,7,11H2. The summed E-state index contributed by atoms with van der Waals surface area (Å²) < 4.78 is 40.8. The van der Waals surface area contributed by atoms with Gasteiger partial charge in [-0.3, -0.25) is 0 Å². The van der Waals surface area contributed by atoms with Crippen LogP contribution in [0, 0.1) is 5.82 Å². The highest BCUT2D eigenvalue weighted by Gasteiger charge is 2.32. The molecule has 24 heavy (non-hydrogen) atoms. The Balaban J connectivity index is 1.62. The SMILES string of the molecule is O=S(=O)(c1cccs1)N1CCCC(c2cc3cc(F)ccc3[nH]2)C1. The van der Waals surface area contributed by atoms with E-state index in [1.165, 1.54) is 23.5 Å². The van der Waals surface area contributed by atoms with Crippen molar-refractivity contribution >= 4 is 32.3 Å². The number of benzene rings is 1. The quantitative estimate of drug-likeness (QED) is 0.765. The third-order valence-corrected chi connectivity index (χ3v) is 7.75. The zero-order valence-corrected chi connectivity index (χ0v) is 14.5. The number of aromatic amines is 1. The molecule has 1 N–H and O–H groups in total. The highest BCUT2D eigenvalue weighted by molar-refractivity contribution is 7.91. The minimum absolute atomic E-state index is 0.101. The van der Waals surface area contributed by atoms with Gasteiger partial charge in [0.15, 0.2) is 0 Å². The summed E-state index contributed by atoms with van der Waals surface area (Å²) in [5.41, 5.74) is 1.85. The number of sulfonamides is 1. The normalized spacial score (nSPS) is 19.8. The van der Waals surface area contributed by atoms with Crippen LogP contribution in [-0.4, -0.2) is 30.8 Å². The number of piperidine rings is 1. The molecule has 126 valence electrons. The third kappa shape index (κ3) is 2.76. The van der Waals surface area contributed by atoms with Gasteiger partial charge in [0.05, 0.1) is 0 Å². The van der Waals surface area contributed by atoms with E-state index in [0.29, 0.717) is 17.3 Å².